The molecule has 7 nitrogen and oxygen atoms in total. The van der Waals surface area contributed by atoms with Crippen molar-refractivity contribution in [3.63, 3.8) is 0 Å². The Bertz CT molecular complexity index is 819. The number of piperidine rings is 1. The average Bonchev–Trinajstić information content (AvgIpc) is 2.72. The zero-order valence-electron chi connectivity index (χ0n) is 15.7. The summed E-state index contributed by atoms with van der Waals surface area (Å²) in [5.74, 6) is 1.04. The van der Waals surface area contributed by atoms with Crippen LogP contribution in [-0.2, 0) is 0 Å². The molecule has 0 aliphatic carbocycles. The summed E-state index contributed by atoms with van der Waals surface area (Å²) in [5.41, 5.74) is 2.11. The zero-order chi connectivity index (χ0) is 19.2. The lowest BCUT2D eigenvalue weighted by atomic mass is 9.96. The van der Waals surface area contributed by atoms with E-state index in [2.05, 4.69) is 26.3 Å². The maximum atomic E-state index is 12.3. The summed E-state index contributed by atoms with van der Waals surface area (Å²) in [6.45, 7) is 2.28. The summed E-state index contributed by atoms with van der Waals surface area (Å²) in [7, 11) is 3.95. The van der Waals surface area contributed by atoms with Gasteiger partial charge in [0.25, 0.3) is 5.91 Å². The van der Waals surface area contributed by atoms with Crippen molar-refractivity contribution >= 4 is 17.4 Å². The predicted octanol–water partition coefficient (Wildman–Crippen LogP) is 2.06. The predicted molar refractivity (Wildman–Crippen MR) is 105 cm³/mol. The molecule has 1 aromatic heterocycles. The van der Waals surface area contributed by atoms with Crippen LogP contribution in [0, 0.1) is 17.2 Å². The highest BCUT2D eigenvalue weighted by Gasteiger charge is 2.22. The average molecular weight is 364 g/mol. The minimum Gasteiger partial charge on any atom is -0.378 e. The van der Waals surface area contributed by atoms with Crippen molar-refractivity contribution in [3.05, 3.63) is 47.9 Å². The molecule has 1 aliphatic rings. The van der Waals surface area contributed by atoms with E-state index in [1.165, 1.54) is 6.20 Å². The Morgan fingerprint density at radius 1 is 1.22 bits per heavy atom. The maximum absolute atomic E-state index is 12.3. The van der Waals surface area contributed by atoms with Gasteiger partial charge < -0.3 is 15.1 Å². The number of hydrogen-bond acceptors (Lipinski definition) is 6. The minimum absolute atomic E-state index is 0.0385. The lowest BCUT2D eigenvalue weighted by Gasteiger charge is -2.32. The van der Waals surface area contributed by atoms with Crippen LogP contribution in [0.4, 0.5) is 11.5 Å². The van der Waals surface area contributed by atoms with E-state index in [1.807, 2.05) is 43.3 Å². The van der Waals surface area contributed by atoms with Crippen LogP contribution in [0.1, 0.15) is 28.9 Å². The molecule has 0 spiro atoms. The number of nitrogens with zero attached hydrogens (tertiary/aromatic N) is 5. The third-order valence-electron chi connectivity index (χ3n) is 4.90. The second kappa shape index (κ2) is 8.49. The standard InChI is InChI=1S/C20H24N6O/c1-25(2)17-5-3-16(4-6-17)20(27)24-14-15-7-11-26(12-8-15)19-18(13-21)22-9-10-23-19/h3-6,9-10,15H,7-8,11-12,14H2,1-2H3,(H,24,27). The molecule has 7 heteroatoms. The highest BCUT2D eigenvalue weighted by Crippen LogP contribution is 2.23. The molecule has 1 N–H and O–H groups in total. The molecule has 0 atom stereocenters. The van der Waals surface area contributed by atoms with Gasteiger partial charge in [0.05, 0.1) is 0 Å². The molecule has 2 heterocycles. The second-order valence-corrected chi connectivity index (χ2v) is 6.92. The molecule has 0 saturated carbocycles. The van der Waals surface area contributed by atoms with Crippen LogP contribution < -0.4 is 15.1 Å². The summed E-state index contributed by atoms with van der Waals surface area (Å²) in [4.78, 5) is 24.8. The minimum atomic E-state index is -0.0385. The van der Waals surface area contributed by atoms with Crippen LogP contribution in [0.15, 0.2) is 36.7 Å². The number of anilines is 2. The van der Waals surface area contributed by atoms with Gasteiger partial charge in [0, 0.05) is 57.4 Å². The van der Waals surface area contributed by atoms with Gasteiger partial charge in [-0.3, -0.25) is 4.79 Å². The van der Waals surface area contributed by atoms with Gasteiger partial charge in [0.15, 0.2) is 11.5 Å². The van der Waals surface area contributed by atoms with Crippen LogP contribution in [0.2, 0.25) is 0 Å². The molecule has 3 rings (SSSR count). The van der Waals surface area contributed by atoms with E-state index in [4.69, 9.17) is 0 Å². The fraction of sp³-hybridized carbons (Fsp3) is 0.400. The maximum Gasteiger partial charge on any atom is 0.251 e. The quantitative estimate of drug-likeness (QED) is 0.874. The van der Waals surface area contributed by atoms with E-state index in [-0.39, 0.29) is 5.91 Å². The molecule has 1 fully saturated rings. The van der Waals surface area contributed by atoms with Gasteiger partial charge in [-0.05, 0) is 43.0 Å². The van der Waals surface area contributed by atoms with Gasteiger partial charge in [0.1, 0.15) is 6.07 Å². The lowest BCUT2D eigenvalue weighted by Crippen LogP contribution is -2.39. The molecule has 2 aromatic rings. The Labute approximate surface area is 159 Å². The van der Waals surface area contributed by atoms with Gasteiger partial charge in [0.2, 0.25) is 0 Å². The summed E-state index contributed by atoms with van der Waals surface area (Å²) >= 11 is 0. The first kappa shape index (κ1) is 18.6. The number of aromatic nitrogens is 2. The van der Waals surface area contributed by atoms with E-state index < -0.39 is 0 Å². The highest BCUT2D eigenvalue weighted by atomic mass is 16.1. The third-order valence-corrected chi connectivity index (χ3v) is 4.90. The molecule has 0 radical (unpaired) electrons. The molecule has 0 bridgehead atoms. The highest BCUT2D eigenvalue weighted by molar-refractivity contribution is 5.94. The van der Waals surface area contributed by atoms with Crippen molar-refractivity contribution in [3.8, 4) is 6.07 Å². The van der Waals surface area contributed by atoms with Crippen LogP contribution in [-0.4, -0.2) is 49.6 Å². The van der Waals surface area contributed by atoms with Crippen molar-refractivity contribution in [2.75, 3.05) is 43.5 Å². The van der Waals surface area contributed by atoms with Gasteiger partial charge in [-0.1, -0.05) is 0 Å². The van der Waals surface area contributed by atoms with Crippen LogP contribution >= 0.6 is 0 Å². The Hall–Kier alpha value is -3.14. The second-order valence-electron chi connectivity index (χ2n) is 6.92. The molecule has 1 aliphatic heterocycles. The first-order chi connectivity index (χ1) is 13.1. The number of nitriles is 1. The number of amides is 1. The van der Waals surface area contributed by atoms with E-state index in [0.717, 1.165) is 31.6 Å². The number of hydrogen-bond donors (Lipinski definition) is 1. The van der Waals surface area contributed by atoms with Gasteiger partial charge in [-0.15, -0.1) is 0 Å². The van der Waals surface area contributed by atoms with Gasteiger partial charge >= 0.3 is 0 Å². The van der Waals surface area contributed by atoms with Gasteiger partial charge in [-0.25, -0.2) is 9.97 Å². The van der Waals surface area contributed by atoms with Crippen LogP contribution in [0.3, 0.4) is 0 Å². The SMILES string of the molecule is CN(C)c1ccc(C(=O)NCC2CCN(c3nccnc3C#N)CC2)cc1. The topological polar surface area (TPSA) is 85.2 Å². The Morgan fingerprint density at radius 2 is 1.89 bits per heavy atom. The van der Waals surface area contributed by atoms with E-state index in [9.17, 15) is 10.1 Å². The third kappa shape index (κ3) is 4.53. The van der Waals surface area contributed by atoms with Crippen LogP contribution in [0.25, 0.3) is 0 Å². The molecule has 27 heavy (non-hydrogen) atoms. The summed E-state index contributed by atoms with van der Waals surface area (Å²) < 4.78 is 0. The van der Waals surface area contributed by atoms with E-state index >= 15 is 0 Å². The normalized spacial score (nSPS) is 14.5. The van der Waals surface area contributed by atoms with Crippen molar-refractivity contribution in [1.29, 1.82) is 5.26 Å². The molecule has 1 aromatic carbocycles. The lowest BCUT2D eigenvalue weighted by molar-refractivity contribution is 0.0945. The molecule has 0 unspecified atom stereocenters. The summed E-state index contributed by atoms with van der Waals surface area (Å²) in [6, 6.07) is 9.69. The van der Waals surface area contributed by atoms with E-state index in [1.54, 1.807) is 6.20 Å². The van der Waals surface area contributed by atoms with Crippen molar-refractivity contribution in [1.82, 2.24) is 15.3 Å². The van der Waals surface area contributed by atoms with Crippen molar-refractivity contribution in [2.24, 2.45) is 5.92 Å². The number of benzene rings is 1. The Morgan fingerprint density at radius 3 is 2.52 bits per heavy atom. The summed E-state index contributed by atoms with van der Waals surface area (Å²) in [5, 5.41) is 12.2. The first-order valence-electron chi connectivity index (χ1n) is 9.10. The fourth-order valence-electron chi connectivity index (χ4n) is 3.24. The zero-order valence-corrected chi connectivity index (χ0v) is 15.7. The van der Waals surface area contributed by atoms with Gasteiger partial charge in [-0.2, -0.15) is 5.26 Å². The molecular formula is C20H24N6O. The number of nitrogens with one attached hydrogen (secondary N) is 1. The first-order valence-corrected chi connectivity index (χ1v) is 9.10. The molecular weight excluding hydrogens is 340 g/mol. The summed E-state index contributed by atoms with van der Waals surface area (Å²) in [6.07, 6.45) is 5.04. The van der Waals surface area contributed by atoms with Crippen molar-refractivity contribution in [2.45, 2.75) is 12.8 Å². The smallest absolute Gasteiger partial charge is 0.251 e. The van der Waals surface area contributed by atoms with Crippen molar-refractivity contribution < 1.29 is 4.79 Å². The molecule has 1 saturated heterocycles. The molecule has 1 amide bonds. The van der Waals surface area contributed by atoms with E-state index in [0.29, 0.717) is 29.5 Å². The monoisotopic (exact) mass is 364 g/mol. The Balaban J connectivity index is 1.49. The number of carbonyl (C=O) groups excluding carboxylic acids is 1. The Kier molecular flexibility index (Phi) is 5.87. The number of rotatable bonds is 5. The fourth-order valence-corrected chi connectivity index (χ4v) is 3.24. The molecule has 140 valence electrons. The van der Waals surface area contributed by atoms with Crippen LogP contribution in [0.5, 0.6) is 0 Å². The number of carbonyl (C=O) groups is 1. The largest absolute Gasteiger partial charge is 0.378 e.